The van der Waals surface area contributed by atoms with Gasteiger partial charge in [0.05, 0.1) is 0 Å². The molecule has 1 aliphatic heterocycles. The van der Waals surface area contributed by atoms with E-state index in [1.807, 2.05) is 12.1 Å². The van der Waals surface area contributed by atoms with Gasteiger partial charge in [0.25, 0.3) is 0 Å². The minimum Gasteiger partial charge on any atom is -0.381 e. The second-order valence-corrected chi connectivity index (χ2v) is 4.88. The SMILES string of the molecule is CN(Cc1cccnc1C#N)CC1CCOCC1. The normalized spacial score (nSPS) is 16.7. The summed E-state index contributed by atoms with van der Waals surface area (Å²) in [7, 11) is 2.10. The zero-order valence-corrected chi connectivity index (χ0v) is 10.8. The van der Waals surface area contributed by atoms with E-state index in [0.717, 1.165) is 44.7 Å². The van der Waals surface area contributed by atoms with E-state index in [1.165, 1.54) is 0 Å². The predicted molar refractivity (Wildman–Crippen MR) is 68.8 cm³/mol. The molecule has 4 heteroatoms. The van der Waals surface area contributed by atoms with E-state index in [0.29, 0.717) is 11.6 Å². The highest BCUT2D eigenvalue weighted by atomic mass is 16.5. The second-order valence-electron chi connectivity index (χ2n) is 4.88. The Hall–Kier alpha value is -1.44. The second kappa shape index (κ2) is 6.48. The summed E-state index contributed by atoms with van der Waals surface area (Å²) < 4.78 is 5.36. The van der Waals surface area contributed by atoms with Crippen LogP contribution in [0.1, 0.15) is 24.1 Å². The van der Waals surface area contributed by atoms with E-state index in [4.69, 9.17) is 10.00 Å². The molecule has 0 atom stereocenters. The molecular weight excluding hydrogens is 226 g/mol. The molecule has 0 aromatic carbocycles. The van der Waals surface area contributed by atoms with Gasteiger partial charge in [-0.2, -0.15) is 5.26 Å². The average molecular weight is 245 g/mol. The van der Waals surface area contributed by atoms with Crippen LogP contribution in [0.4, 0.5) is 0 Å². The first kappa shape index (κ1) is 13.0. The van der Waals surface area contributed by atoms with Crippen LogP contribution in [-0.4, -0.2) is 36.7 Å². The van der Waals surface area contributed by atoms with E-state index < -0.39 is 0 Å². The lowest BCUT2D eigenvalue weighted by Crippen LogP contribution is -2.29. The highest BCUT2D eigenvalue weighted by molar-refractivity contribution is 5.30. The van der Waals surface area contributed by atoms with E-state index >= 15 is 0 Å². The molecule has 1 fully saturated rings. The first-order valence-electron chi connectivity index (χ1n) is 6.40. The molecule has 0 spiro atoms. The number of aromatic nitrogens is 1. The van der Waals surface area contributed by atoms with Crippen LogP contribution in [0, 0.1) is 17.2 Å². The first-order chi connectivity index (χ1) is 8.79. The Balaban J connectivity index is 1.90. The summed E-state index contributed by atoms with van der Waals surface area (Å²) in [6, 6.07) is 6.01. The van der Waals surface area contributed by atoms with Crippen LogP contribution in [0.2, 0.25) is 0 Å². The van der Waals surface area contributed by atoms with Gasteiger partial charge < -0.3 is 9.64 Å². The average Bonchev–Trinajstić information content (AvgIpc) is 2.40. The summed E-state index contributed by atoms with van der Waals surface area (Å²) in [6.45, 7) is 3.61. The molecule has 2 rings (SSSR count). The minimum absolute atomic E-state index is 0.538. The van der Waals surface area contributed by atoms with Crippen molar-refractivity contribution < 1.29 is 4.74 Å². The van der Waals surface area contributed by atoms with Crippen LogP contribution in [0.25, 0.3) is 0 Å². The van der Waals surface area contributed by atoms with Gasteiger partial charge in [0.15, 0.2) is 0 Å². The highest BCUT2D eigenvalue weighted by Crippen LogP contribution is 2.17. The van der Waals surface area contributed by atoms with Gasteiger partial charge in [0, 0.05) is 38.1 Å². The lowest BCUT2D eigenvalue weighted by molar-refractivity contribution is 0.0549. The first-order valence-corrected chi connectivity index (χ1v) is 6.40. The molecule has 0 unspecified atom stereocenters. The van der Waals surface area contributed by atoms with Crippen LogP contribution in [0.5, 0.6) is 0 Å². The van der Waals surface area contributed by atoms with Crippen LogP contribution in [-0.2, 0) is 11.3 Å². The fourth-order valence-electron chi connectivity index (χ4n) is 2.39. The van der Waals surface area contributed by atoms with Crippen molar-refractivity contribution >= 4 is 0 Å². The molecule has 18 heavy (non-hydrogen) atoms. The summed E-state index contributed by atoms with van der Waals surface area (Å²) in [4.78, 5) is 6.36. The van der Waals surface area contributed by atoms with E-state index in [1.54, 1.807) is 6.20 Å². The summed E-state index contributed by atoms with van der Waals surface area (Å²) in [5, 5.41) is 9.01. The lowest BCUT2D eigenvalue weighted by atomic mass is 9.99. The number of hydrogen-bond donors (Lipinski definition) is 0. The molecule has 0 saturated carbocycles. The molecule has 0 radical (unpaired) electrons. The summed E-state index contributed by atoms with van der Waals surface area (Å²) >= 11 is 0. The Morgan fingerprint density at radius 1 is 1.50 bits per heavy atom. The number of ether oxygens (including phenoxy) is 1. The van der Waals surface area contributed by atoms with Crippen LogP contribution >= 0.6 is 0 Å². The lowest BCUT2D eigenvalue weighted by Gasteiger charge is -2.27. The molecule has 1 saturated heterocycles. The Kier molecular flexibility index (Phi) is 4.68. The van der Waals surface area contributed by atoms with Crippen molar-refractivity contribution in [2.45, 2.75) is 19.4 Å². The molecular formula is C14H19N3O. The predicted octanol–water partition coefficient (Wildman–Crippen LogP) is 1.81. The van der Waals surface area contributed by atoms with Crippen LogP contribution in [0.15, 0.2) is 18.3 Å². The molecule has 1 aromatic heterocycles. The number of hydrogen-bond acceptors (Lipinski definition) is 4. The van der Waals surface area contributed by atoms with Crippen molar-refractivity contribution in [2.24, 2.45) is 5.92 Å². The third kappa shape index (κ3) is 3.52. The number of rotatable bonds is 4. The van der Waals surface area contributed by atoms with Crippen LogP contribution in [0.3, 0.4) is 0 Å². The van der Waals surface area contributed by atoms with Crippen molar-refractivity contribution in [1.82, 2.24) is 9.88 Å². The van der Waals surface area contributed by atoms with Gasteiger partial charge in [-0.25, -0.2) is 4.98 Å². The van der Waals surface area contributed by atoms with Crippen molar-refractivity contribution in [1.29, 1.82) is 5.26 Å². The van der Waals surface area contributed by atoms with Crippen molar-refractivity contribution in [3.63, 3.8) is 0 Å². The number of pyridine rings is 1. The van der Waals surface area contributed by atoms with Crippen molar-refractivity contribution in [2.75, 3.05) is 26.8 Å². The molecule has 4 nitrogen and oxygen atoms in total. The Labute approximate surface area is 108 Å². The van der Waals surface area contributed by atoms with Crippen molar-refractivity contribution in [3.05, 3.63) is 29.6 Å². The fraction of sp³-hybridized carbons (Fsp3) is 0.571. The van der Waals surface area contributed by atoms with Gasteiger partial charge in [-0.1, -0.05) is 6.07 Å². The monoisotopic (exact) mass is 245 g/mol. The molecule has 1 aromatic rings. The molecule has 1 aliphatic rings. The molecule has 0 N–H and O–H groups in total. The van der Waals surface area contributed by atoms with E-state index in [-0.39, 0.29) is 0 Å². The molecule has 0 amide bonds. The number of nitrogens with zero attached hydrogens (tertiary/aromatic N) is 3. The maximum absolute atomic E-state index is 9.01. The fourth-order valence-corrected chi connectivity index (χ4v) is 2.39. The zero-order valence-electron chi connectivity index (χ0n) is 10.8. The van der Waals surface area contributed by atoms with Gasteiger partial charge in [0.2, 0.25) is 0 Å². The molecule has 0 aliphatic carbocycles. The van der Waals surface area contributed by atoms with E-state index in [9.17, 15) is 0 Å². The maximum atomic E-state index is 9.01. The zero-order chi connectivity index (χ0) is 12.8. The quantitative estimate of drug-likeness (QED) is 0.811. The Bertz CT molecular complexity index is 421. The van der Waals surface area contributed by atoms with Gasteiger partial charge >= 0.3 is 0 Å². The largest absolute Gasteiger partial charge is 0.381 e. The van der Waals surface area contributed by atoms with Gasteiger partial charge in [-0.15, -0.1) is 0 Å². The Morgan fingerprint density at radius 2 is 2.28 bits per heavy atom. The van der Waals surface area contributed by atoms with Gasteiger partial charge in [-0.3, -0.25) is 0 Å². The van der Waals surface area contributed by atoms with Crippen molar-refractivity contribution in [3.8, 4) is 6.07 Å². The number of nitriles is 1. The summed E-state index contributed by atoms with van der Waals surface area (Å²) in [5.74, 6) is 0.714. The van der Waals surface area contributed by atoms with E-state index in [2.05, 4.69) is 23.0 Å². The smallest absolute Gasteiger partial charge is 0.144 e. The molecule has 0 bridgehead atoms. The van der Waals surface area contributed by atoms with Gasteiger partial charge in [-0.05, 0) is 31.9 Å². The standard InChI is InChI=1S/C14H19N3O/c1-17(10-12-4-7-18-8-5-12)11-13-3-2-6-16-14(13)9-15/h2-3,6,12H,4-5,7-8,10-11H2,1H3. The third-order valence-corrected chi connectivity index (χ3v) is 3.35. The maximum Gasteiger partial charge on any atom is 0.144 e. The van der Waals surface area contributed by atoms with Crippen LogP contribution < -0.4 is 0 Å². The Morgan fingerprint density at radius 3 is 3.00 bits per heavy atom. The third-order valence-electron chi connectivity index (χ3n) is 3.35. The summed E-state index contributed by atoms with van der Waals surface area (Å²) in [5.41, 5.74) is 1.55. The molecule has 96 valence electrons. The minimum atomic E-state index is 0.538. The van der Waals surface area contributed by atoms with Gasteiger partial charge in [0.1, 0.15) is 11.8 Å². The summed E-state index contributed by atoms with van der Waals surface area (Å²) in [6.07, 6.45) is 3.95. The highest BCUT2D eigenvalue weighted by Gasteiger charge is 2.16. The molecule has 2 heterocycles. The topological polar surface area (TPSA) is 49.2 Å².